The first-order chi connectivity index (χ1) is 12.8. The van der Waals surface area contributed by atoms with Crippen molar-refractivity contribution in [3.8, 4) is 0 Å². The Hall–Kier alpha value is -3.35. The van der Waals surface area contributed by atoms with Crippen LogP contribution in [0.15, 0.2) is 42.5 Å². The van der Waals surface area contributed by atoms with Gasteiger partial charge in [0.25, 0.3) is 0 Å². The molecule has 1 aliphatic heterocycles. The largest absolute Gasteiger partial charge is 0.351 e. The van der Waals surface area contributed by atoms with Crippen LogP contribution in [-0.4, -0.2) is 24.4 Å². The number of nitrogens with one attached hydrogen (secondary N) is 2. The van der Waals surface area contributed by atoms with E-state index in [-0.39, 0.29) is 18.2 Å². The SMILES string of the molecule is Cc1cccc(N2CC(C(=O)Nc3cccc(NC(N)=O)c3)CC2=O)c1C. The van der Waals surface area contributed by atoms with E-state index in [2.05, 4.69) is 10.6 Å². The molecule has 7 nitrogen and oxygen atoms in total. The van der Waals surface area contributed by atoms with Gasteiger partial charge in [-0.15, -0.1) is 0 Å². The molecule has 2 aromatic rings. The van der Waals surface area contributed by atoms with E-state index in [4.69, 9.17) is 5.73 Å². The molecule has 0 bridgehead atoms. The summed E-state index contributed by atoms with van der Waals surface area (Å²) in [5, 5.41) is 5.27. The second-order valence-corrected chi connectivity index (χ2v) is 6.68. The van der Waals surface area contributed by atoms with Crippen LogP contribution in [0.4, 0.5) is 21.9 Å². The zero-order chi connectivity index (χ0) is 19.6. The Balaban J connectivity index is 1.71. The Morgan fingerprint density at radius 3 is 2.44 bits per heavy atom. The zero-order valence-corrected chi connectivity index (χ0v) is 15.3. The molecule has 0 aliphatic carbocycles. The fourth-order valence-corrected chi connectivity index (χ4v) is 3.21. The smallest absolute Gasteiger partial charge is 0.316 e. The first-order valence-corrected chi connectivity index (χ1v) is 8.69. The van der Waals surface area contributed by atoms with Gasteiger partial charge in [-0.25, -0.2) is 4.79 Å². The Morgan fingerprint density at radius 2 is 1.74 bits per heavy atom. The van der Waals surface area contributed by atoms with Crippen molar-refractivity contribution in [2.45, 2.75) is 20.3 Å². The van der Waals surface area contributed by atoms with Crippen molar-refractivity contribution in [1.29, 1.82) is 0 Å². The molecule has 4 amide bonds. The van der Waals surface area contributed by atoms with E-state index in [0.29, 0.717) is 17.9 Å². The molecule has 140 valence electrons. The molecular formula is C20H22N4O3. The number of carbonyl (C=O) groups excluding carboxylic acids is 3. The topological polar surface area (TPSA) is 105 Å². The maximum absolute atomic E-state index is 12.6. The molecule has 0 aromatic heterocycles. The number of hydrogen-bond donors (Lipinski definition) is 3. The van der Waals surface area contributed by atoms with Gasteiger partial charge >= 0.3 is 6.03 Å². The van der Waals surface area contributed by atoms with Gasteiger partial charge in [-0.1, -0.05) is 18.2 Å². The Kier molecular flexibility index (Phi) is 5.12. The lowest BCUT2D eigenvalue weighted by molar-refractivity contribution is -0.122. The van der Waals surface area contributed by atoms with E-state index >= 15 is 0 Å². The number of hydrogen-bond acceptors (Lipinski definition) is 3. The quantitative estimate of drug-likeness (QED) is 0.775. The highest BCUT2D eigenvalue weighted by atomic mass is 16.2. The first-order valence-electron chi connectivity index (χ1n) is 8.69. The summed E-state index contributed by atoms with van der Waals surface area (Å²) in [5.74, 6) is -0.731. The van der Waals surface area contributed by atoms with Crippen molar-refractivity contribution in [2.24, 2.45) is 11.7 Å². The summed E-state index contributed by atoms with van der Waals surface area (Å²) < 4.78 is 0. The molecule has 1 saturated heterocycles. The minimum Gasteiger partial charge on any atom is -0.351 e. The van der Waals surface area contributed by atoms with Gasteiger partial charge in [-0.2, -0.15) is 0 Å². The molecule has 1 fully saturated rings. The molecule has 1 heterocycles. The van der Waals surface area contributed by atoms with Crippen LogP contribution in [-0.2, 0) is 9.59 Å². The summed E-state index contributed by atoms with van der Waals surface area (Å²) >= 11 is 0. The Labute approximate surface area is 157 Å². The molecule has 7 heteroatoms. The highest BCUT2D eigenvalue weighted by Crippen LogP contribution is 2.30. The molecule has 1 atom stereocenters. The molecular weight excluding hydrogens is 344 g/mol. The molecule has 4 N–H and O–H groups in total. The number of urea groups is 1. The molecule has 2 aromatic carbocycles. The number of rotatable bonds is 4. The molecule has 27 heavy (non-hydrogen) atoms. The van der Waals surface area contributed by atoms with Crippen molar-refractivity contribution < 1.29 is 14.4 Å². The van der Waals surface area contributed by atoms with Crippen LogP contribution in [0, 0.1) is 19.8 Å². The van der Waals surface area contributed by atoms with Crippen LogP contribution in [0.1, 0.15) is 17.5 Å². The van der Waals surface area contributed by atoms with Gasteiger partial charge < -0.3 is 21.3 Å². The highest BCUT2D eigenvalue weighted by molar-refractivity contribution is 6.04. The normalized spacial score (nSPS) is 16.3. The van der Waals surface area contributed by atoms with Gasteiger partial charge in [-0.3, -0.25) is 9.59 Å². The van der Waals surface area contributed by atoms with Crippen molar-refractivity contribution in [1.82, 2.24) is 0 Å². The van der Waals surface area contributed by atoms with Crippen LogP contribution in [0.5, 0.6) is 0 Å². The molecule has 0 radical (unpaired) electrons. The lowest BCUT2D eigenvalue weighted by Crippen LogP contribution is -2.28. The highest BCUT2D eigenvalue weighted by Gasteiger charge is 2.35. The molecule has 3 rings (SSSR count). The van der Waals surface area contributed by atoms with E-state index in [1.807, 2.05) is 32.0 Å². The Bertz CT molecular complexity index is 910. The van der Waals surface area contributed by atoms with Crippen LogP contribution >= 0.6 is 0 Å². The number of anilines is 3. The minimum absolute atomic E-state index is 0.0620. The summed E-state index contributed by atoms with van der Waals surface area (Å²) in [6, 6.07) is 11.8. The number of amides is 4. The first kappa shape index (κ1) is 18.4. The summed E-state index contributed by atoms with van der Waals surface area (Å²) in [7, 11) is 0. The summed E-state index contributed by atoms with van der Waals surface area (Å²) in [6.45, 7) is 4.31. The number of primary amides is 1. The monoisotopic (exact) mass is 366 g/mol. The predicted molar refractivity (Wildman–Crippen MR) is 105 cm³/mol. The standard InChI is InChI=1S/C20H22N4O3/c1-12-5-3-8-17(13(12)2)24-11-14(9-18(24)25)19(26)22-15-6-4-7-16(10-15)23-20(21)27/h3-8,10,14H,9,11H2,1-2H3,(H,22,26)(H3,21,23,27). The van der Waals surface area contributed by atoms with Gasteiger partial charge in [0.1, 0.15) is 0 Å². The fraction of sp³-hybridized carbons (Fsp3) is 0.250. The van der Waals surface area contributed by atoms with E-state index in [1.54, 1.807) is 29.2 Å². The van der Waals surface area contributed by atoms with Crippen molar-refractivity contribution in [3.63, 3.8) is 0 Å². The number of benzene rings is 2. The maximum atomic E-state index is 12.6. The van der Waals surface area contributed by atoms with Gasteiger partial charge in [0, 0.05) is 30.0 Å². The lowest BCUT2D eigenvalue weighted by atomic mass is 10.1. The van der Waals surface area contributed by atoms with Crippen LogP contribution in [0.2, 0.25) is 0 Å². The summed E-state index contributed by atoms with van der Waals surface area (Å²) in [6.07, 6.45) is 0.165. The minimum atomic E-state index is -0.677. The van der Waals surface area contributed by atoms with Crippen LogP contribution in [0.3, 0.4) is 0 Å². The van der Waals surface area contributed by atoms with Crippen LogP contribution in [0.25, 0.3) is 0 Å². The van der Waals surface area contributed by atoms with E-state index in [0.717, 1.165) is 16.8 Å². The van der Waals surface area contributed by atoms with E-state index in [9.17, 15) is 14.4 Å². The number of aryl methyl sites for hydroxylation is 1. The molecule has 0 saturated carbocycles. The lowest BCUT2D eigenvalue weighted by Gasteiger charge is -2.20. The average molecular weight is 366 g/mol. The second-order valence-electron chi connectivity index (χ2n) is 6.68. The van der Waals surface area contributed by atoms with Crippen LogP contribution < -0.4 is 21.3 Å². The van der Waals surface area contributed by atoms with E-state index < -0.39 is 11.9 Å². The summed E-state index contributed by atoms with van der Waals surface area (Å²) in [5.41, 5.74) is 9.11. The third-order valence-electron chi connectivity index (χ3n) is 4.76. The zero-order valence-electron chi connectivity index (χ0n) is 15.3. The fourth-order valence-electron chi connectivity index (χ4n) is 3.21. The number of carbonyl (C=O) groups is 3. The van der Waals surface area contributed by atoms with E-state index in [1.165, 1.54) is 0 Å². The predicted octanol–water partition coefficient (Wildman–Crippen LogP) is 2.79. The maximum Gasteiger partial charge on any atom is 0.316 e. The van der Waals surface area contributed by atoms with Gasteiger partial charge in [0.15, 0.2) is 0 Å². The number of nitrogens with two attached hydrogens (primary N) is 1. The molecule has 1 aliphatic rings. The second kappa shape index (κ2) is 7.49. The third kappa shape index (κ3) is 4.08. The van der Waals surface area contributed by atoms with Gasteiger partial charge in [-0.05, 0) is 49.2 Å². The molecule has 1 unspecified atom stereocenters. The third-order valence-corrected chi connectivity index (χ3v) is 4.76. The van der Waals surface area contributed by atoms with Crippen molar-refractivity contribution >= 4 is 34.9 Å². The van der Waals surface area contributed by atoms with Crippen molar-refractivity contribution in [2.75, 3.05) is 22.1 Å². The average Bonchev–Trinajstić information content (AvgIpc) is 2.99. The van der Waals surface area contributed by atoms with Crippen molar-refractivity contribution in [3.05, 3.63) is 53.6 Å². The van der Waals surface area contributed by atoms with Gasteiger partial charge in [0.05, 0.1) is 5.92 Å². The van der Waals surface area contributed by atoms with Gasteiger partial charge in [0.2, 0.25) is 11.8 Å². The summed E-state index contributed by atoms with van der Waals surface area (Å²) in [4.78, 5) is 37.7. The molecule has 0 spiro atoms. The Morgan fingerprint density at radius 1 is 1.07 bits per heavy atom. The number of nitrogens with zero attached hydrogens (tertiary/aromatic N) is 1.